The average molecular weight is 506 g/mol. The van der Waals surface area contributed by atoms with Gasteiger partial charge in [-0.15, -0.1) is 0 Å². The van der Waals surface area contributed by atoms with Crippen LogP contribution in [0.2, 0.25) is 5.02 Å². The van der Waals surface area contributed by atoms with Crippen LogP contribution >= 0.6 is 11.6 Å². The lowest BCUT2D eigenvalue weighted by atomic mass is 10.2. The fourth-order valence-electron chi connectivity index (χ4n) is 3.38. The van der Waals surface area contributed by atoms with E-state index in [1.807, 2.05) is 24.3 Å². The van der Waals surface area contributed by atoms with E-state index in [1.165, 1.54) is 24.1 Å². The highest BCUT2D eigenvalue weighted by Crippen LogP contribution is 2.20. The van der Waals surface area contributed by atoms with E-state index in [4.69, 9.17) is 16.3 Å². The van der Waals surface area contributed by atoms with Crippen LogP contribution in [-0.4, -0.2) is 54.4 Å². The van der Waals surface area contributed by atoms with E-state index < -0.39 is 24.6 Å². The largest absolute Gasteiger partial charge is 0.447 e. The number of fused-ring (bicyclic) bond motifs is 1. The Morgan fingerprint density at radius 3 is 2.69 bits per heavy atom. The number of carbonyl (C=O) groups excluding carboxylic acids is 2. The van der Waals surface area contributed by atoms with Gasteiger partial charge >= 0.3 is 6.09 Å². The molecule has 35 heavy (non-hydrogen) atoms. The highest BCUT2D eigenvalue weighted by molar-refractivity contribution is 6.31. The lowest BCUT2D eigenvalue weighted by Gasteiger charge is -2.31. The van der Waals surface area contributed by atoms with E-state index in [-0.39, 0.29) is 37.2 Å². The van der Waals surface area contributed by atoms with Crippen molar-refractivity contribution in [2.45, 2.75) is 19.5 Å². The SMILES string of the molecule is CC(=O)N(NCc1cccc(F)c1Cl)[C@@H](CNCCF)COC(=O)Nc1cc2ccccc2cn1. The Kier molecular flexibility index (Phi) is 9.71. The van der Waals surface area contributed by atoms with Crippen LogP contribution in [0.15, 0.2) is 54.7 Å². The van der Waals surface area contributed by atoms with Gasteiger partial charge in [0.05, 0.1) is 11.1 Å². The molecule has 0 saturated heterocycles. The van der Waals surface area contributed by atoms with Gasteiger partial charge in [-0.3, -0.25) is 15.1 Å². The number of ether oxygens (including phenoxy) is 1. The summed E-state index contributed by atoms with van der Waals surface area (Å²) in [6, 6.07) is 12.9. The normalized spacial score (nSPS) is 11.8. The number of amides is 2. The maximum Gasteiger partial charge on any atom is 0.412 e. The van der Waals surface area contributed by atoms with Crippen molar-refractivity contribution in [1.82, 2.24) is 20.7 Å². The molecule has 8 nitrogen and oxygen atoms in total. The Bertz CT molecular complexity index is 1170. The summed E-state index contributed by atoms with van der Waals surface area (Å²) < 4.78 is 31.7. The highest BCUT2D eigenvalue weighted by Gasteiger charge is 2.23. The molecule has 0 fully saturated rings. The first kappa shape index (κ1) is 26.3. The third-order valence-electron chi connectivity index (χ3n) is 5.09. The number of nitrogens with one attached hydrogen (secondary N) is 3. The number of aromatic nitrogens is 1. The number of carbonyl (C=O) groups is 2. The van der Waals surface area contributed by atoms with E-state index in [0.717, 1.165) is 10.8 Å². The Morgan fingerprint density at radius 1 is 1.17 bits per heavy atom. The van der Waals surface area contributed by atoms with Crippen molar-refractivity contribution < 1.29 is 23.1 Å². The molecule has 0 aliphatic heterocycles. The van der Waals surface area contributed by atoms with Crippen molar-refractivity contribution in [3.8, 4) is 0 Å². The molecule has 2 amide bonds. The van der Waals surface area contributed by atoms with E-state index in [1.54, 1.807) is 18.3 Å². The number of alkyl halides is 1. The zero-order chi connectivity index (χ0) is 25.2. The summed E-state index contributed by atoms with van der Waals surface area (Å²) in [6.07, 6.45) is 0.869. The zero-order valence-electron chi connectivity index (χ0n) is 19.1. The number of anilines is 1. The van der Waals surface area contributed by atoms with Gasteiger partial charge in [-0.2, -0.15) is 0 Å². The number of rotatable bonds is 11. The molecule has 186 valence electrons. The molecule has 3 N–H and O–H groups in total. The van der Waals surface area contributed by atoms with E-state index >= 15 is 0 Å². The van der Waals surface area contributed by atoms with Crippen molar-refractivity contribution in [3.05, 3.63) is 71.1 Å². The monoisotopic (exact) mass is 505 g/mol. The van der Waals surface area contributed by atoms with E-state index in [0.29, 0.717) is 11.4 Å². The van der Waals surface area contributed by atoms with Crippen LogP contribution in [0, 0.1) is 5.82 Å². The van der Waals surface area contributed by atoms with Gasteiger partial charge in [-0.1, -0.05) is 48.0 Å². The molecule has 3 aromatic rings. The Balaban J connectivity index is 1.65. The smallest absolute Gasteiger partial charge is 0.412 e. The van der Waals surface area contributed by atoms with Crippen LogP contribution in [0.25, 0.3) is 10.8 Å². The molecule has 0 aliphatic rings. The third kappa shape index (κ3) is 7.57. The van der Waals surface area contributed by atoms with Gasteiger partial charge in [0.15, 0.2) is 0 Å². The van der Waals surface area contributed by atoms with E-state index in [2.05, 4.69) is 21.0 Å². The first-order valence-corrected chi connectivity index (χ1v) is 11.3. The first-order valence-electron chi connectivity index (χ1n) is 10.9. The summed E-state index contributed by atoms with van der Waals surface area (Å²) >= 11 is 6.00. The average Bonchev–Trinajstić information content (AvgIpc) is 2.84. The second kappa shape index (κ2) is 12.9. The van der Waals surface area contributed by atoms with Gasteiger partial charge in [0, 0.05) is 38.1 Å². The van der Waals surface area contributed by atoms with Crippen LogP contribution in [0.1, 0.15) is 12.5 Å². The number of pyridine rings is 1. The fraction of sp³-hybridized carbons (Fsp3) is 0.292. The number of nitrogens with zero attached hydrogens (tertiary/aromatic N) is 2. The molecular weight excluding hydrogens is 480 g/mol. The number of hydrogen-bond donors (Lipinski definition) is 3. The van der Waals surface area contributed by atoms with Crippen molar-refractivity contribution >= 4 is 40.2 Å². The molecule has 0 saturated carbocycles. The fourth-order valence-corrected chi connectivity index (χ4v) is 3.57. The molecule has 1 heterocycles. The Hall–Kier alpha value is -3.34. The van der Waals surface area contributed by atoms with Crippen molar-refractivity contribution in [2.24, 2.45) is 0 Å². The minimum atomic E-state index is -0.764. The van der Waals surface area contributed by atoms with Crippen LogP contribution < -0.4 is 16.1 Å². The molecule has 2 aromatic carbocycles. The second-order valence-corrected chi connectivity index (χ2v) is 8.00. The number of hydrazine groups is 1. The summed E-state index contributed by atoms with van der Waals surface area (Å²) in [4.78, 5) is 28.9. The maximum atomic E-state index is 13.7. The van der Waals surface area contributed by atoms with Gasteiger partial charge in [-0.25, -0.2) is 24.0 Å². The topological polar surface area (TPSA) is 95.6 Å². The number of halogens is 3. The van der Waals surface area contributed by atoms with Crippen LogP contribution in [0.5, 0.6) is 0 Å². The summed E-state index contributed by atoms with van der Waals surface area (Å²) in [5.74, 6) is -0.656. The predicted octanol–water partition coefficient (Wildman–Crippen LogP) is 4.06. The molecule has 3 rings (SSSR count). The highest BCUT2D eigenvalue weighted by atomic mass is 35.5. The van der Waals surface area contributed by atoms with Gasteiger partial charge < -0.3 is 10.1 Å². The molecule has 1 aromatic heterocycles. The Morgan fingerprint density at radius 2 is 1.94 bits per heavy atom. The number of hydrogen-bond acceptors (Lipinski definition) is 6. The standard InChI is InChI=1S/C24H26ClF2N5O3/c1-16(33)32(30-13-19-7-4-8-21(27)23(19)25)20(14-28-10-9-26)15-35-24(34)31-22-11-17-5-2-3-6-18(17)12-29-22/h2-8,11-12,20,28,30H,9-10,13-15H2,1H3,(H,29,31,34)/t20-/m0/s1. The minimum absolute atomic E-state index is 0.0446. The van der Waals surface area contributed by atoms with Gasteiger partial charge in [-0.05, 0) is 23.1 Å². The second-order valence-electron chi connectivity index (χ2n) is 7.62. The van der Waals surface area contributed by atoms with E-state index in [9.17, 15) is 18.4 Å². The van der Waals surface area contributed by atoms with Gasteiger partial charge in [0.25, 0.3) is 0 Å². The van der Waals surface area contributed by atoms with Crippen molar-refractivity contribution in [2.75, 3.05) is 31.7 Å². The number of benzene rings is 2. The summed E-state index contributed by atoms with van der Waals surface area (Å²) in [5, 5.41) is 8.43. The zero-order valence-corrected chi connectivity index (χ0v) is 19.8. The van der Waals surface area contributed by atoms with Crippen molar-refractivity contribution in [1.29, 1.82) is 0 Å². The molecule has 0 aliphatic carbocycles. The molecule has 0 unspecified atom stereocenters. The van der Waals surface area contributed by atoms with Gasteiger partial charge in [0.1, 0.15) is 24.9 Å². The molecule has 0 radical (unpaired) electrons. The third-order valence-corrected chi connectivity index (χ3v) is 5.52. The Labute approximate surface area is 206 Å². The molecule has 1 atom stereocenters. The molecule has 11 heteroatoms. The van der Waals surface area contributed by atoms with Crippen LogP contribution in [-0.2, 0) is 16.1 Å². The van der Waals surface area contributed by atoms with Gasteiger partial charge in [0.2, 0.25) is 5.91 Å². The lowest BCUT2D eigenvalue weighted by molar-refractivity contribution is -0.136. The predicted molar refractivity (Wildman–Crippen MR) is 130 cm³/mol. The lowest BCUT2D eigenvalue weighted by Crippen LogP contribution is -2.54. The molecular formula is C24H26ClF2N5O3. The minimum Gasteiger partial charge on any atom is -0.447 e. The van der Waals surface area contributed by atoms with Crippen LogP contribution in [0.4, 0.5) is 19.4 Å². The van der Waals surface area contributed by atoms with Crippen molar-refractivity contribution in [3.63, 3.8) is 0 Å². The first-order chi connectivity index (χ1) is 16.9. The summed E-state index contributed by atoms with van der Waals surface area (Å²) in [6.45, 7) is 0.751. The molecule has 0 bridgehead atoms. The quantitative estimate of drug-likeness (QED) is 0.269. The summed E-state index contributed by atoms with van der Waals surface area (Å²) in [5.41, 5.74) is 3.34. The summed E-state index contributed by atoms with van der Waals surface area (Å²) in [7, 11) is 0. The molecule has 0 spiro atoms. The van der Waals surface area contributed by atoms with Crippen LogP contribution in [0.3, 0.4) is 0 Å². The maximum absolute atomic E-state index is 13.7.